The Morgan fingerprint density at radius 1 is 1.11 bits per heavy atom. The summed E-state index contributed by atoms with van der Waals surface area (Å²) in [5.74, 6) is -1.04. The topological polar surface area (TPSA) is 116 Å². The number of piperazine rings is 1. The van der Waals surface area contributed by atoms with Crippen LogP contribution in [0.25, 0.3) is 16.5 Å². The Labute approximate surface area is 161 Å². The van der Waals surface area contributed by atoms with Crippen molar-refractivity contribution in [2.45, 2.75) is 6.92 Å². The van der Waals surface area contributed by atoms with Gasteiger partial charge < -0.3 is 14.9 Å². The van der Waals surface area contributed by atoms with Gasteiger partial charge in [-0.3, -0.25) is 19.7 Å². The molecule has 1 aromatic heterocycles. The Hall–Kier alpha value is -3.33. The van der Waals surface area contributed by atoms with E-state index in [9.17, 15) is 9.59 Å². The van der Waals surface area contributed by atoms with Crippen LogP contribution in [0.4, 0.5) is 5.95 Å². The molecule has 1 aromatic carbocycles. The summed E-state index contributed by atoms with van der Waals surface area (Å²) in [5.41, 5.74) is 1.58. The summed E-state index contributed by atoms with van der Waals surface area (Å²) < 4.78 is 0. The number of rotatable bonds is 2. The average molecular weight is 383 g/mol. The minimum absolute atomic E-state index is 0.300. The number of para-hydroxylation sites is 1. The Bertz CT molecular complexity index is 960. The third kappa shape index (κ3) is 4.32. The summed E-state index contributed by atoms with van der Waals surface area (Å²) in [6.45, 7) is 4.62. The molecule has 28 heavy (non-hydrogen) atoms. The number of likely N-dealkylation sites (N-methyl/N-ethyl adjacent to an activating group) is 1. The van der Waals surface area contributed by atoms with Gasteiger partial charge >= 0.3 is 0 Å². The molecular weight excluding hydrogens is 362 g/mol. The van der Waals surface area contributed by atoms with Crippen LogP contribution in [0.3, 0.4) is 0 Å². The standard InChI is InChI=1S/C17H17N5O2.C2H4O2/c1-21-6-8-22(9-7-21)17-18-13-5-3-2-4-11(13)15(20-17)12-10-14(23)19-16(12)24;1-2(3)4/h2-5,10H,6-9H2,1H3,(H,19,23,24);1H3,(H,3,4). The summed E-state index contributed by atoms with van der Waals surface area (Å²) in [4.78, 5) is 46.3. The molecule has 2 amide bonds. The van der Waals surface area contributed by atoms with Crippen molar-refractivity contribution in [3.63, 3.8) is 0 Å². The van der Waals surface area contributed by atoms with Crippen molar-refractivity contribution in [1.29, 1.82) is 0 Å². The first kappa shape index (κ1) is 19.4. The van der Waals surface area contributed by atoms with Crippen molar-refractivity contribution in [3.05, 3.63) is 36.0 Å². The molecule has 1 saturated heterocycles. The van der Waals surface area contributed by atoms with Crippen LogP contribution in [0.1, 0.15) is 12.6 Å². The quantitative estimate of drug-likeness (QED) is 0.721. The van der Waals surface area contributed by atoms with Crippen LogP contribution in [0, 0.1) is 0 Å². The molecule has 0 bridgehead atoms. The number of fused-ring (bicyclic) bond motifs is 1. The van der Waals surface area contributed by atoms with Crippen molar-refractivity contribution in [1.82, 2.24) is 20.2 Å². The zero-order chi connectivity index (χ0) is 20.3. The maximum Gasteiger partial charge on any atom is 0.300 e. The van der Waals surface area contributed by atoms with Crippen molar-refractivity contribution >= 4 is 40.2 Å². The first-order valence-electron chi connectivity index (χ1n) is 8.82. The molecule has 9 heteroatoms. The van der Waals surface area contributed by atoms with Crippen LogP contribution < -0.4 is 10.2 Å². The molecule has 0 aliphatic carbocycles. The molecule has 0 atom stereocenters. The molecule has 4 rings (SSSR count). The number of aliphatic carboxylic acids is 1. The van der Waals surface area contributed by atoms with Crippen LogP contribution in [0.5, 0.6) is 0 Å². The highest BCUT2D eigenvalue weighted by Crippen LogP contribution is 2.27. The van der Waals surface area contributed by atoms with Gasteiger partial charge in [0.1, 0.15) is 0 Å². The van der Waals surface area contributed by atoms with E-state index in [1.54, 1.807) is 0 Å². The lowest BCUT2D eigenvalue weighted by molar-refractivity contribution is -0.134. The number of amides is 2. The first-order valence-corrected chi connectivity index (χ1v) is 8.82. The van der Waals surface area contributed by atoms with E-state index in [0.717, 1.165) is 44.0 Å². The molecule has 9 nitrogen and oxygen atoms in total. The summed E-state index contributed by atoms with van der Waals surface area (Å²) in [6.07, 6.45) is 1.31. The Morgan fingerprint density at radius 3 is 2.36 bits per heavy atom. The fourth-order valence-corrected chi connectivity index (χ4v) is 3.01. The molecule has 2 aliphatic rings. The summed E-state index contributed by atoms with van der Waals surface area (Å²) in [6, 6.07) is 7.55. The monoisotopic (exact) mass is 383 g/mol. The van der Waals surface area contributed by atoms with Gasteiger partial charge in [0, 0.05) is 44.6 Å². The Balaban J connectivity index is 0.000000516. The number of carboxylic acid groups (broad SMARTS) is 1. The number of anilines is 1. The molecule has 1 fully saturated rings. The summed E-state index contributed by atoms with van der Waals surface area (Å²) in [5, 5.41) is 10.5. The number of nitrogens with one attached hydrogen (secondary N) is 1. The fraction of sp³-hybridized carbons (Fsp3) is 0.316. The van der Waals surface area contributed by atoms with E-state index in [1.807, 2.05) is 24.3 Å². The van der Waals surface area contributed by atoms with E-state index in [0.29, 0.717) is 17.2 Å². The summed E-state index contributed by atoms with van der Waals surface area (Å²) in [7, 11) is 2.09. The minimum Gasteiger partial charge on any atom is -0.481 e. The smallest absolute Gasteiger partial charge is 0.300 e. The van der Waals surface area contributed by atoms with Crippen molar-refractivity contribution in [3.8, 4) is 0 Å². The second kappa shape index (κ2) is 8.13. The van der Waals surface area contributed by atoms with Crippen LogP contribution in [0.2, 0.25) is 0 Å². The van der Waals surface area contributed by atoms with Crippen LogP contribution in [-0.2, 0) is 14.4 Å². The molecule has 2 N–H and O–H groups in total. The highest BCUT2D eigenvalue weighted by molar-refractivity contribution is 6.34. The SMILES string of the molecule is CC(=O)O.CN1CCN(c2nc(C3=CC(=O)NC3=O)c3ccccc3n2)CC1. The molecule has 0 saturated carbocycles. The maximum absolute atomic E-state index is 12.1. The number of carboxylic acids is 1. The van der Waals surface area contributed by atoms with Gasteiger partial charge in [0.2, 0.25) is 5.95 Å². The fourth-order valence-electron chi connectivity index (χ4n) is 3.01. The van der Waals surface area contributed by atoms with Crippen LogP contribution >= 0.6 is 0 Å². The summed E-state index contributed by atoms with van der Waals surface area (Å²) >= 11 is 0. The lowest BCUT2D eigenvalue weighted by Crippen LogP contribution is -2.45. The predicted molar refractivity (Wildman–Crippen MR) is 104 cm³/mol. The zero-order valence-corrected chi connectivity index (χ0v) is 15.7. The molecule has 0 radical (unpaired) electrons. The third-order valence-corrected chi connectivity index (χ3v) is 4.39. The van der Waals surface area contributed by atoms with E-state index in [2.05, 4.69) is 32.1 Å². The number of aromatic nitrogens is 2. The zero-order valence-electron chi connectivity index (χ0n) is 15.7. The average Bonchev–Trinajstić information content (AvgIpc) is 2.99. The van der Waals surface area contributed by atoms with E-state index >= 15 is 0 Å². The number of benzene rings is 1. The lowest BCUT2D eigenvalue weighted by atomic mass is 10.1. The molecule has 3 heterocycles. The van der Waals surface area contributed by atoms with E-state index in [-0.39, 0.29) is 0 Å². The van der Waals surface area contributed by atoms with Gasteiger partial charge in [-0.1, -0.05) is 18.2 Å². The molecule has 0 unspecified atom stereocenters. The lowest BCUT2D eigenvalue weighted by Gasteiger charge is -2.32. The van der Waals surface area contributed by atoms with Gasteiger partial charge in [-0.15, -0.1) is 0 Å². The van der Waals surface area contributed by atoms with Gasteiger partial charge in [-0.05, 0) is 13.1 Å². The predicted octanol–water partition coefficient (Wildman–Crippen LogP) is 0.512. The number of imide groups is 1. The van der Waals surface area contributed by atoms with Crippen LogP contribution in [-0.4, -0.2) is 71.0 Å². The number of nitrogens with zero attached hydrogens (tertiary/aromatic N) is 4. The highest BCUT2D eigenvalue weighted by Gasteiger charge is 2.27. The second-order valence-electron chi connectivity index (χ2n) is 6.58. The van der Waals surface area contributed by atoms with Gasteiger partial charge in [-0.2, -0.15) is 0 Å². The van der Waals surface area contributed by atoms with Gasteiger partial charge in [0.15, 0.2) is 0 Å². The van der Waals surface area contributed by atoms with E-state index < -0.39 is 17.8 Å². The second-order valence-corrected chi connectivity index (χ2v) is 6.58. The Morgan fingerprint density at radius 2 is 1.75 bits per heavy atom. The highest BCUT2D eigenvalue weighted by atomic mass is 16.4. The number of carbonyl (C=O) groups is 3. The first-order chi connectivity index (χ1) is 13.3. The van der Waals surface area contributed by atoms with Crippen molar-refractivity contribution in [2.75, 3.05) is 38.1 Å². The molecule has 0 spiro atoms. The van der Waals surface area contributed by atoms with Gasteiger partial charge in [0.05, 0.1) is 16.8 Å². The third-order valence-electron chi connectivity index (χ3n) is 4.39. The van der Waals surface area contributed by atoms with Crippen molar-refractivity contribution < 1.29 is 19.5 Å². The van der Waals surface area contributed by atoms with Gasteiger partial charge in [0.25, 0.3) is 17.8 Å². The molecule has 2 aromatic rings. The largest absolute Gasteiger partial charge is 0.481 e. The van der Waals surface area contributed by atoms with E-state index in [1.165, 1.54) is 6.08 Å². The normalized spacial score (nSPS) is 17.1. The number of hydrogen-bond acceptors (Lipinski definition) is 7. The molecule has 146 valence electrons. The maximum atomic E-state index is 12.1. The Kier molecular flexibility index (Phi) is 5.65. The molecule has 2 aliphatic heterocycles. The minimum atomic E-state index is -0.833. The van der Waals surface area contributed by atoms with Gasteiger partial charge in [-0.25, -0.2) is 9.97 Å². The van der Waals surface area contributed by atoms with E-state index in [4.69, 9.17) is 9.90 Å². The number of carbonyl (C=O) groups excluding carboxylic acids is 2. The van der Waals surface area contributed by atoms with Crippen LogP contribution in [0.15, 0.2) is 30.3 Å². The molecular formula is C19H21N5O4. The van der Waals surface area contributed by atoms with Crippen molar-refractivity contribution in [2.24, 2.45) is 0 Å². The number of hydrogen-bond donors (Lipinski definition) is 2.